The highest BCUT2D eigenvalue weighted by Crippen LogP contribution is 2.32. The van der Waals surface area contributed by atoms with Gasteiger partial charge in [0.2, 0.25) is 0 Å². The van der Waals surface area contributed by atoms with Crippen LogP contribution in [0.1, 0.15) is 19.3 Å². The van der Waals surface area contributed by atoms with Crippen molar-refractivity contribution in [2.45, 2.75) is 25.8 Å². The van der Waals surface area contributed by atoms with Crippen molar-refractivity contribution in [2.24, 2.45) is 5.92 Å². The van der Waals surface area contributed by atoms with Gasteiger partial charge in [0, 0.05) is 6.54 Å². The van der Waals surface area contributed by atoms with Crippen molar-refractivity contribution in [3.8, 4) is 0 Å². The van der Waals surface area contributed by atoms with Crippen LogP contribution in [0.3, 0.4) is 0 Å². The van der Waals surface area contributed by atoms with Crippen LogP contribution in [0.15, 0.2) is 11.0 Å². The molecule has 1 aliphatic rings. The molecular formula is C9H10Cl2N2O. The molecule has 1 aromatic rings. The van der Waals surface area contributed by atoms with Crippen LogP contribution >= 0.6 is 23.2 Å². The van der Waals surface area contributed by atoms with Crippen LogP contribution in [0.25, 0.3) is 0 Å². The Hall–Kier alpha value is -0.540. The van der Waals surface area contributed by atoms with E-state index in [2.05, 4.69) is 5.10 Å². The fourth-order valence-corrected chi connectivity index (χ4v) is 1.59. The molecular weight excluding hydrogens is 223 g/mol. The highest BCUT2D eigenvalue weighted by Gasteiger charge is 2.21. The first-order chi connectivity index (χ1) is 6.68. The third kappa shape index (κ3) is 2.10. The first-order valence-electron chi connectivity index (χ1n) is 4.59. The molecule has 14 heavy (non-hydrogen) atoms. The van der Waals surface area contributed by atoms with Crippen LogP contribution in [-0.4, -0.2) is 9.78 Å². The maximum atomic E-state index is 11.5. The van der Waals surface area contributed by atoms with Gasteiger partial charge < -0.3 is 0 Å². The maximum Gasteiger partial charge on any atom is 0.287 e. The summed E-state index contributed by atoms with van der Waals surface area (Å²) < 4.78 is 1.38. The molecule has 0 spiro atoms. The van der Waals surface area contributed by atoms with Gasteiger partial charge >= 0.3 is 0 Å². The summed E-state index contributed by atoms with van der Waals surface area (Å²) in [5.74, 6) is 0.776. The van der Waals surface area contributed by atoms with Crippen LogP contribution in [0.4, 0.5) is 0 Å². The molecule has 0 N–H and O–H groups in total. The molecule has 3 nitrogen and oxygen atoms in total. The molecule has 76 valence electrons. The van der Waals surface area contributed by atoms with Gasteiger partial charge in [0.15, 0.2) is 0 Å². The third-order valence-corrected chi connectivity index (χ3v) is 3.14. The monoisotopic (exact) mass is 232 g/mol. The number of hydrogen-bond acceptors (Lipinski definition) is 2. The van der Waals surface area contributed by atoms with E-state index in [1.54, 1.807) is 0 Å². The third-order valence-electron chi connectivity index (χ3n) is 2.39. The minimum atomic E-state index is -0.292. The SMILES string of the molecule is O=c1c(Cl)c(Cl)cnn1CCC1CC1. The Kier molecular flexibility index (Phi) is 2.79. The second-order valence-electron chi connectivity index (χ2n) is 3.57. The Bertz CT molecular complexity index is 398. The van der Waals surface area contributed by atoms with E-state index in [9.17, 15) is 4.79 Å². The summed E-state index contributed by atoms with van der Waals surface area (Å²) in [5.41, 5.74) is -0.292. The minimum absolute atomic E-state index is 0.0671. The van der Waals surface area contributed by atoms with Crippen molar-refractivity contribution in [1.82, 2.24) is 9.78 Å². The molecule has 1 saturated carbocycles. The first-order valence-corrected chi connectivity index (χ1v) is 5.35. The van der Waals surface area contributed by atoms with E-state index >= 15 is 0 Å². The molecule has 0 amide bonds. The summed E-state index contributed by atoms with van der Waals surface area (Å²) in [6, 6.07) is 0. The standard InChI is InChI=1S/C9H10Cl2N2O/c10-7-5-12-13(9(14)8(7)11)4-3-6-1-2-6/h5-6H,1-4H2. The van der Waals surface area contributed by atoms with Crippen molar-refractivity contribution in [3.05, 3.63) is 26.6 Å². The number of hydrogen-bond donors (Lipinski definition) is 0. The molecule has 0 bridgehead atoms. The first kappa shape index (κ1) is 9.99. The Balaban J connectivity index is 2.16. The average Bonchev–Trinajstić information content (AvgIpc) is 2.97. The second kappa shape index (κ2) is 3.91. The molecule has 0 aromatic carbocycles. The topological polar surface area (TPSA) is 34.9 Å². The van der Waals surface area contributed by atoms with Crippen LogP contribution in [0.2, 0.25) is 10.0 Å². The average molecular weight is 233 g/mol. The van der Waals surface area contributed by atoms with Gasteiger partial charge in [-0.25, -0.2) is 4.68 Å². The molecule has 0 atom stereocenters. The summed E-state index contributed by atoms with van der Waals surface area (Å²) in [7, 11) is 0. The van der Waals surface area contributed by atoms with E-state index in [4.69, 9.17) is 23.2 Å². The van der Waals surface area contributed by atoms with Gasteiger partial charge in [-0.05, 0) is 12.3 Å². The minimum Gasteiger partial charge on any atom is -0.266 e. The van der Waals surface area contributed by atoms with E-state index in [-0.39, 0.29) is 15.6 Å². The van der Waals surface area contributed by atoms with E-state index in [0.717, 1.165) is 12.3 Å². The molecule has 1 heterocycles. The van der Waals surface area contributed by atoms with Gasteiger partial charge in [0.05, 0.1) is 11.2 Å². The van der Waals surface area contributed by atoms with Gasteiger partial charge in [0.25, 0.3) is 5.56 Å². The molecule has 0 radical (unpaired) electrons. The lowest BCUT2D eigenvalue weighted by Gasteiger charge is -2.03. The summed E-state index contributed by atoms with van der Waals surface area (Å²) >= 11 is 11.4. The normalized spacial score (nSPS) is 15.9. The van der Waals surface area contributed by atoms with Gasteiger partial charge in [0.1, 0.15) is 5.02 Å². The van der Waals surface area contributed by atoms with E-state index in [1.807, 2.05) is 0 Å². The highest BCUT2D eigenvalue weighted by atomic mass is 35.5. The van der Waals surface area contributed by atoms with E-state index < -0.39 is 0 Å². The van der Waals surface area contributed by atoms with Gasteiger partial charge in [-0.3, -0.25) is 4.79 Å². The summed E-state index contributed by atoms with van der Waals surface area (Å²) in [6.07, 6.45) is 4.97. The van der Waals surface area contributed by atoms with Gasteiger partial charge in [-0.1, -0.05) is 36.0 Å². The Morgan fingerprint density at radius 1 is 1.50 bits per heavy atom. The number of rotatable bonds is 3. The van der Waals surface area contributed by atoms with Crippen LogP contribution in [0.5, 0.6) is 0 Å². The molecule has 1 aliphatic carbocycles. The highest BCUT2D eigenvalue weighted by molar-refractivity contribution is 6.41. The molecule has 5 heteroatoms. The predicted octanol–water partition coefficient (Wildman–Crippen LogP) is 2.35. The Morgan fingerprint density at radius 2 is 2.21 bits per heavy atom. The molecule has 0 saturated heterocycles. The number of aromatic nitrogens is 2. The molecule has 1 fully saturated rings. The summed E-state index contributed by atoms with van der Waals surface area (Å²) in [5, 5.41) is 4.21. The largest absolute Gasteiger partial charge is 0.287 e. The Labute approximate surface area is 91.6 Å². The van der Waals surface area contributed by atoms with Crippen molar-refractivity contribution < 1.29 is 0 Å². The van der Waals surface area contributed by atoms with Gasteiger partial charge in [-0.2, -0.15) is 5.10 Å². The zero-order valence-electron chi connectivity index (χ0n) is 7.54. The van der Waals surface area contributed by atoms with Crippen molar-refractivity contribution in [2.75, 3.05) is 0 Å². The summed E-state index contributed by atoms with van der Waals surface area (Å²) in [4.78, 5) is 11.5. The van der Waals surface area contributed by atoms with Crippen molar-refractivity contribution >= 4 is 23.2 Å². The smallest absolute Gasteiger partial charge is 0.266 e. The fourth-order valence-electron chi connectivity index (χ4n) is 1.32. The predicted molar refractivity (Wildman–Crippen MR) is 55.9 cm³/mol. The lowest BCUT2D eigenvalue weighted by atomic mass is 10.3. The van der Waals surface area contributed by atoms with Crippen molar-refractivity contribution in [1.29, 1.82) is 0 Å². The molecule has 0 aliphatic heterocycles. The fraction of sp³-hybridized carbons (Fsp3) is 0.556. The summed E-state index contributed by atoms with van der Waals surface area (Å²) in [6.45, 7) is 0.639. The molecule has 1 aromatic heterocycles. The zero-order valence-corrected chi connectivity index (χ0v) is 9.05. The molecule has 0 unspecified atom stereocenters. The number of aryl methyl sites for hydroxylation is 1. The van der Waals surface area contributed by atoms with Crippen molar-refractivity contribution in [3.63, 3.8) is 0 Å². The Morgan fingerprint density at radius 3 is 2.86 bits per heavy atom. The lowest BCUT2D eigenvalue weighted by Crippen LogP contribution is -2.23. The zero-order chi connectivity index (χ0) is 10.1. The number of halogens is 2. The second-order valence-corrected chi connectivity index (χ2v) is 4.35. The molecule has 2 rings (SSSR count). The van der Waals surface area contributed by atoms with E-state index in [1.165, 1.54) is 23.7 Å². The van der Waals surface area contributed by atoms with E-state index in [0.29, 0.717) is 6.54 Å². The van der Waals surface area contributed by atoms with Crippen LogP contribution < -0.4 is 5.56 Å². The number of nitrogens with zero attached hydrogens (tertiary/aromatic N) is 2. The van der Waals surface area contributed by atoms with Crippen LogP contribution in [-0.2, 0) is 6.54 Å². The van der Waals surface area contributed by atoms with Gasteiger partial charge in [-0.15, -0.1) is 0 Å². The quantitative estimate of drug-likeness (QED) is 0.803. The maximum absolute atomic E-state index is 11.5. The lowest BCUT2D eigenvalue weighted by molar-refractivity contribution is 0.522. The van der Waals surface area contributed by atoms with Crippen LogP contribution in [0, 0.1) is 5.92 Å².